The Morgan fingerprint density at radius 2 is 1.90 bits per heavy atom. The molecule has 30 heavy (non-hydrogen) atoms. The molecule has 0 unspecified atom stereocenters. The minimum absolute atomic E-state index is 0.0904. The second-order valence-electron chi connectivity index (χ2n) is 7.30. The Morgan fingerprint density at radius 3 is 2.70 bits per heavy atom. The minimum atomic E-state index is -0.0904. The summed E-state index contributed by atoms with van der Waals surface area (Å²) in [5.74, 6) is 0.525. The van der Waals surface area contributed by atoms with E-state index in [1.54, 1.807) is 23.7 Å². The van der Waals surface area contributed by atoms with Gasteiger partial charge in [-0.2, -0.15) is 0 Å². The van der Waals surface area contributed by atoms with E-state index in [4.69, 9.17) is 4.98 Å². The first-order valence-electron chi connectivity index (χ1n) is 9.79. The number of H-pyrrole nitrogens is 1. The highest BCUT2D eigenvalue weighted by Crippen LogP contribution is 2.30. The van der Waals surface area contributed by atoms with Crippen LogP contribution >= 0.6 is 11.3 Å². The Hall–Kier alpha value is -3.23. The molecule has 4 aromatic rings. The number of nitrogens with zero attached hydrogens (tertiary/aromatic N) is 5. The Kier molecular flexibility index (Phi) is 4.94. The van der Waals surface area contributed by atoms with Crippen LogP contribution < -0.4 is 5.56 Å². The molecule has 0 radical (unpaired) electrons. The zero-order chi connectivity index (χ0) is 20.5. The van der Waals surface area contributed by atoms with Crippen LogP contribution in [0.25, 0.3) is 22.6 Å². The van der Waals surface area contributed by atoms with Gasteiger partial charge in [-0.25, -0.2) is 19.9 Å². The molecule has 0 bridgehead atoms. The van der Waals surface area contributed by atoms with Crippen LogP contribution in [0.15, 0.2) is 53.8 Å². The third-order valence-electron chi connectivity index (χ3n) is 5.20. The quantitative estimate of drug-likeness (QED) is 0.550. The van der Waals surface area contributed by atoms with Crippen LogP contribution in [0, 0.1) is 6.92 Å². The highest BCUT2D eigenvalue weighted by molar-refractivity contribution is 7.12. The lowest BCUT2D eigenvalue weighted by Gasteiger charge is -2.27. The van der Waals surface area contributed by atoms with Gasteiger partial charge in [-0.15, -0.1) is 11.3 Å². The molecule has 7 nitrogen and oxygen atoms in total. The van der Waals surface area contributed by atoms with Crippen molar-refractivity contribution in [2.75, 3.05) is 6.54 Å². The molecule has 0 saturated carbocycles. The molecule has 0 amide bonds. The Balaban J connectivity index is 1.41. The molecule has 0 saturated heterocycles. The zero-order valence-corrected chi connectivity index (χ0v) is 17.3. The van der Waals surface area contributed by atoms with Gasteiger partial charge >= 0.3 is 0 Å². The van der Waals surface area contributed by atoms with E-state index in [0.717, 1.165) is 47.0 Å². The van der Waals surface area contributed by atoms with E-state index in [1.807, 2.05) is 25.1 Å². The number of nitrogens with one attached hydrogen (secondary N) is 1. The second kappa shape index (κ2) is 7.89. The van der Waals surface area contributed by atoms with Gasteiger partial charge in [0, 0.05) is 48.9 Å². The van der Waals surface area contributed by atoms with Crippen molar-refractivity contribution in [3.8, 4) is 22.6 Å². The summed E-state index contributed by atoms with van der Waals surface area (Å²) in [5.41, 5.74) is 4.39. The number of thiazole rings is 1. The fourth-order valence-electron chi connectivity index (χ4n) is 3.78. The highest BCUT2D eigenvalue weighted by atomic mass is 32.1. The summed E-state index contributed by atoms with van der Waals surface area (Å²) >= 11 is 1.72. The summed E-state index contributed by atoms with van der Waals surface area (Å²) in [4.78, 5) is 36.6. The number of aromatic nitrogens is 5. The van der Waals surface area contributed by atoms with Crippen molar-refractivity contribution in [1.29, 1.82) is 0 Å². The summed E-state index contributed by atoms with van der Waals surface area (Å²) in [6.45, 7) is 4.23. The standard InChI is InChI=1S/C22H20N6OS/c1-14-25-20(15-5-3-2-4-6-15)19(30-14)12-28-8-7-18-17(11-28)22(29)27-21(26-18)16-9-23-13-24-10-16/h2-6,9-10,13H,7-8,11-12H2,1H3,(H,26,27,29). The lowest BCUT2D eigenvalue weighted by atomic mass is 10.1. The minimum Gasteiger partial charge on any atom is -0.306 e. The van der Waals surface area contributed by atoms with Gasteiger partial charge in [0.15, 0.2) is 0 Å². The number of rotatable bonds is 4. The van der Waals surface area contributed by atoms with E-state index in [0.29, 0.717) is 17.9 Å². The van der Waals surface area contributed by atoms with Crippen LogP contribution in [-0.2, 0) is 19.5 Å². The SMILES string of the molecule is Cc1nc(-c2ccccc2)c(CN2CCc3nc(-c4cncnc4)[nH]c(=O)c3C2)s1. The molecule has 3 aromatic heterocycles. The molecular formula is C22H20N6OS. The van der Waals surface area contributed by atoms with Crippen molar-refractivity contribution in [3.63, 3.8) is 0 Å². The fraction of sp³-hybridized carbons (Fsp3) is 0.227. The second-order valence-corrected chi connectivity index (χ2v) is 8.59. The molecule has 0 aliphatic carbocycles. The van der Waals surface area contributed by atoms with Crippen molar-refractivity contribution in [2.45, 2.75) is 26.4 Å². The summed E-state index contributed by atoms with van der Waals surface area (Å²) in [7, 11) is 0. The van der Waals surface area contributed by atoms with E-state index < -0.39 is 0 Å². The number of aromatic amines is 1. The molecule has 1 aliphatic heterocycles. The van der Waals surface area contributed by atoms with Gasteiger partial charge in [0.2, 0.25) is 0 Å². The monoisotopic (exact) mass is 416 g/mol. The molecule has 150 valence electrons. The lowest BCUT2D eigenvalue weighted by Crippen LogP contribution is -2.35. The summed E-state index contributed by atoms with van der Waals surface area (Å²) in [6.07, 6.45) is 5.51. The maximum atomic E-state index is 12.8. The van der Waals surface area contributed by atoms with Gasteiger partial charge in [-0.3, -0.25) is 9.69 Å². The Morgan fingerprint density at radius 1 is 1.10 bits per heavy atom. The molecule has 0 fully saturated rings. The van der Waals surface area contributed by atoms with E-state index in [2.05, 4.69) is 37.0 Å². The average molecular weight is 417 g/mol. The predicted molar refractivity (Wildman–Crippen MR) is 116 cm³/mol. The Labute approximate surface area is 177 Å². The molecule has 1 N–H and O–H groups in total. The van der Waals surface area contributed by atoms with Crippen LogP contribution in [-0.4, -0.2) is 36.4 Å². The lowest BCUT2D eigenvalue weighted by molar-refractivity contribution is 0.244. The van der Waals surface area contributed by atoms with Crippen LogP contribution in [0.3, 0.4) is 0 Å². The smallest absolute Gasteiger partial charge is 0.255 e. The maximum absolute atomic E-state index is 12.8. The average Bonchev–Trinajstić information content (AvgIpc) is 3.15. The fourth-order valence-corrected chi connectivity index (χ4v) is 4.78. The van der Waals surface area contributed by atoms with E-state index in [9.17, 15) is 4.79 Å². The topological polar surface area (TPSA) is 87.7 Å². The molecular weight excluding hydrogens is 396 g/mol. The van der Waals surface area contributed by atoms with Gasteiger partial charge in [0.05, 0.1) is 27.5 Å². The van der Waals surface area contributed by atoms with Crippen LogP contribution in [0.4, 0.5) is 0 Å². The molecule has 1 aromatic carbocycles. The Bertz CT molecular complexity index is 1240. The molecule has 0 atom stereocenters. The largest absolute Gasteiger partial charge is 0.306 e. The normalized spacial score (nSPS) is 13.9. The summed E-state index contributed by atoms with van der Waals surface area (Å²) in [6, 6.07) is 10.3. The predicted octanol–water partition coefficient (Wildman–Crippen LogP) is 3.22. The van der Waals surface area contributed by atoms with Crippen molar-refractivity contribution in [3.05, 3.63) is 80.5 Å². The van der Waals surface area contributed by atoms with Crippen molar-refractivity contribution < 1.29 is 0 Å². The van der Waals surface area contributed by atoms with Crippen molar-refractivity contribution in [2.24, 2.45) is 0 Å². The van der Waals surface area contributed by atoms with Gasteiger partial charge in [-0.1, -0.05) is 30.3 Å². The van der Waals surface area contributed by atoms with Crippen molar-refractivity contribution >= 4 is 11.3 Å². The van der Waals surface area contributed by atoms with Gasteiger partial charge in [0.25, 0.3) is 5.56 Å². The van der Waals surface area contributed by atoms with Crippen LogP contribution in [0.5, 0.6) is 0 Å². The van der Waals surface area contributed by atoms with E-state index in [1.165, 1.54) is 11.2 Å². The third kappa shape index (κ3) is 3.67. The molecule has 0 spiro atoms. The summed E-state index contributed by atoms with van der Waals surface area (Å²) in [5, 5.41) is 1.05. The van der Waals surface area contributed by atoms with E-state index >= 15 is 0 Å². The van der Waals surface area contributed by atoms with Gasteiger partial charge in [0.1, 0.15) is 12.2 Å². The summed E-state index contributed by atoms with van der Waals surface area (Å²) < 4.78 is 0. The van der Waals surface area contributed by atoms with Crippen LogP contribution in [0.1, 0.15) is 21.1 Å². The third-order valence-corrected chi connectivity index (χ3v) is 6.16. The first-order chi connectivity index (χ1) is 14.7. The molecule has 1 aliphatic rings. The van der Waals surface area contributed by atoms with Crippen molar-refractivity contribution in [1.82, 2.24) is 29.8 Å². The van der Waals surface area contributed by atoms with Gasteiger partial charge in [-0.05, 0) is 6.92 Å². The molecule has 4 heterocycles. The number of fused-ring (bicyclic) bond motifs is 1. The first kappa shape index (κ1) is 18.8. The number of aryl methyl sites for hydroxylation is 1. The van der Waals surface area contributed by atoms with E-state index in [-0.39, 0.29) is 5.56 Å². The molecule has 8 heteroatoms. The number of benzene rings is 1. The first-order valence-corrected chi connectivity index (χ1v) is 10.6. The highest BCUT2D eigenvalue weighted by Gasteiger charge is 2.23. The maximum Gasteiger partial charge on any atom is 0.255 e. The number of hydrogen-bond donors (Lipinski definition) is 1. The zero-order valence-electron chi connectivity index (χ0n) is 16.5. The van der Waals surface area contributed by atoms with Crippen LogP contribution in [0.2, 0.25) is 0 Å². The molecule has 5 rings (SSSR count). The van der Waals surface area contributed by atoms with Gasteiger partial charge < -0.3 is 4.98 Å². The number of hydrogen-bond acceptors (Lipinski definition) is 7.